The smallest absolute Gasteiger partial charge is 0.329 e. The number of carbonyl (C=O) groups excluding carboxylic acids is 2. The van der Waals surface area contributed by atoms with Crippen LogP contribution in [0, 0.1) is 5.41 Å². The first kappa shape index (κ1) is 17.3. The third kappa shape index (κ3) is 2.75. The second-order valence-electron chi connectivity index (χ2n) is 6.19. The Morgan fingerprint density at radius 3 is 2.92 bits per heavy atom. The van der Waals surface area contributed by atoms with E-state index in [1.807, 2.05) is 6.92 Å². The van der Waals surface area contributed by atoms with E-state index in [1.165, 1.54) is 13.2 Å². The number of hydrogen-bond acceptors (Lipinski definition) is 6. The van der Waals surface area contributed by atoms with E-state index in [0.29, 0.717) is 30.5 Å². The first-order valence-corrected chi connectivity index (χ1v) is 8.43. The highest BCUT2D eigenvalue weighted by molar-refractivity contribution is 6.02. The lowest BCUT2D eigenvalue weighted by Gasteiger charge is -2.35. The summed E-state index contributed by atoms with van der Waals surface area (Å²) in [7, 11) is 1.27. The monoisotopic (exact) mass is 346 g/mol. The molecule has 0 fully saturated rings. The van der Waals surface area contributed by atoms with Gasteiger partial charge in [0.25, 0.3) is 0 Å². The molecule has 2 heterocycles. The van der Waals surface area contributed by atoms with Gasteiger partial charge >= 0.3 is 11.9 Å². The average molecular weight is 346 g/mol. The van der Waals surface area contributed by atoms with Crippen LogP contribution in [0.3, 0.4) is 0 Å². The summed E-state index contributed by atoms with van der Waals surface area (Å²) >= 11 is 0. The summed E-state index contributed by atoms with van der Waals surface area (Å²) in [6.07, 6.45) is 3.44. The van der Waals surface area contributed by atoms with E-state index in [9.17, 15) is 9.59 Å². The van der Waals surface area contributed by atoms with E-state index in [4.69, 9.17) is 18.9 Å². The lowest BCUT2D eigenvalue weighted by atomic mass is 9.76. The van der Waals surface area contributed by atoms with Crippen molar-refractivity contribution in [1.29, 1.82) is 0 Å². The number of allylic oxidation sites excluding steroid dienone is 1. The molecule has 0 spiro atoms. The van der Waals surface area contributed by atoms with Crippen LogP contribution in [0.2, 0.25) is 0 Å². The van der Waals surface area contributed by atoms with Crippen molar-refractivity contribution in [3.8, 4) is 17.2 Å². The largest absolute Gasteiger partial charge is 0.490 e. The van der Waals surface area contributed by atoms with E-state index in [1.54, 1.807) is 6.07 Å². The van der Waals surface area contributed by atoms with Gasteiger partial charge in [-0.1, -0.05) is 6.08 Å². The topological polar surface area (TPSA) is 71.1 Å². The van der Waals surface area contributed by atoms with E-state index in [-0.39, 0.29) is 12.8 Å². The fourth-order valence-corrected chi connectivity index (χ4v) is 3.49. The number of rotatable bonds is 5. The molecule has 0 amide bonds. The Balaban J connectivity index is 2.13. The fraction of sp³-hybridized carbons (Fsp3) is 0.474. The summed E-state index contributed by atoms with van der Waals surface area (Å²) in [5.41, 5.74) is 0.175. The molecule has 0 N–H and O–H groups in total. The molecule has 0 aliphatic carbocycles. The zero-order valence-corrected chi connectivity index (χ0v) is 14.6. The number of carbonyl (C=O) groups is 2. The van der Waals surface area contributed by atoms with E-state index < -0.39 is 17.4 Å². The van der Waals surface area contributed by atoms with Crippen molar-refractivity contribution in [3.63, 3.8) is 0 Å². The third-order valence-electron chi connectivity index (χ3n) is 4.63. The van der Waals surface area contributed by atoms with Gasteiger partial charge in [0.05, 0.1) is 20.3 Å². The molecule has 2 aliphatic rings. The molecule has 0 saturated heterocycles. The maximum Gasteiger partial charge on any atom is 0.329 e. The molecule has 6 heteroatoms. The van der Waals surface area contributed by atoms with Crippen LogP contribution in [0.15, 0.2) is 18.7 Å². The number of hydrogen-bond donors (Lipinski definition) is 0. The van der Waals surface area contributed by atoms with Crippen LogP contribution < -0.4 is 14.2 Å². The molecule has 1 aromatic carbocycles. The molecule has 1 unspecified atom stereocenters. The molecule has 1 aromatic rings. The van der Waals surface area contributed by atoms with Crippen molar-refractivity contribution >= 4 is 11.9 Å². The van der Waals surface area contributed by atoms with Gasteiger partial charge < -0.3 is 18.9 Å². The van der Waals surface area contributed by atoms with Gasteiger partial charge in [0.2, 0.25) is 0 Å². The lowest BCUT2D eigenvalue weighted by molar-refractivity contribution is -0.166. The molecule has 2 aliphatic heterocycles. The summed E-state index contributed by atoms with van der Waals surface area (Å²) in [6, 6.07) is 1.80. The molecular weight excluding hydrogens is 324 g/mol. The van der Waals surface area contributed by atoms with Crippen molar-refractivity contribution in [2.24, 2.45) is 5.41 Å². The number of methoxy groups -OCH3 is 1. The van der Waals surface area contributed by atoms with Crippen LogP contribution >= 0.6 is 0 Å². The van der Waals surface area contributed by atoms with Crippen LogP contribution in [-0.4, -0.2) is 32.3 Å². The minimum atomic E-state index is -1.41. The lowest BCUT2D eigenvalue weighted by Crippen LogP contribution is -2.47. The van der Waals surface area contributed by atoms with E-state index in [2.05, 4.69) is 6.58 Å². The third-order valence-corrected chi connectivity index (χ3v) is 4.63. The zero-order chi connectivity index (χ0) is 18.0. The summed E-state index contributed by atoms with van der Waals surface area (Å²) in [5.74, 6) is 0.519. The highest BCUT2D eigenvalue weighted by Crippen LogP contribution is 2.48. The Morgan fingerprint density at radius 2 is 2.24 bits per heavy atom. The highest BCUT2D eigenvalue weighted by Gasteiger charge is 2.52. The fourth-order valence-electron chi connectivity index (χ4n) is 3.49. The zero-order valence-electron chi connectivity index (χ0n) is 14.6. The first-order chi connectivity index (χ1) is 12.1. The van der Waals surface area contributed by atoms with Gasteiger partial charge in [0.1, 0.15) is 5.75 Å². The Bertz CT molecular complexity index is 723. The van der Waals surface area contributed by atoms with Crippen molar-refractivity contribution in [3.05, 3.63) is 29.8 Å². The minimum Gasteiger partial charge on any atom is -0.490 e. The van der Waals surface area contributed by atoms with Gasteiger partial charge in [0.15, 0.2) is 16.9 Å². The van der Waals surface area contributed by atoms with Gasteiger partial charge in [-0.3, -0.25) is 9.59 Å². The predicted octanol–water partition coefficient (Wildman–Crippen LogP) is 2.61. The Hall–Kier alpha value is -2.50. The quantitative estimate of drug-likeness (QED) is 0.353. The SMILES string of the molecule is C=CCC1(C(=O)OC)Cc2cc(OCC)c3c(c2OC1=O)CCCO3. The van der Waals surface area contributed by atoms with Crippen molar-refractivity contribution < 1.29 is 28.5 Å². The minimum absolute atomic E-state index is 0.148. The predicted molar refractivity (Wildman–Crippen MR) is 90.0 cm³/mol. The van der Waals surface area contributed by atoms with Crippen LogP contribution in [0.4, 0.5) is 0 Å². The van der Waals surface area contributed by atoms with Gasteiger partial charge in [-0.25, -0.2) is 0 Å². The number of fused-ring (bicyclic) bond motifs is 3. The van der Waals surface area contributed by atoms with Gasteiger partial charge in [-0.15, -0.1) is 6.58 Å². The van der Waals surface area contributed by atoms with Crippen LogP contribution in [-0.2, 0) is 27.2 Å². The molecule has 3 rings (SSSR count). The van der Waals surface area contributed by atoms with Gasteiger partial charge in [0, 0.05) is 17.5 Å². The molecule has 25 heavy (non-hydrogen) atoms. The number of benzene rings is 1. The van der Waals surface area contributed by atoms with Gasteiger partial charge in [-0.2, -0.15) is 0 Å². The Morgan fingerprint density at radius 1 is 1.44 bits per heavy atom. The molecule has 0 radical (unpaired) electrons. The molecule has 0 bridgehead atoms. The summed E-state index contributed by atoms with van der Waals surface area (Å²) in [4.78, 5) is 25.1. The van der Waals surface area contributed by atoms with Crippen LogP contribution in [0.25, 0.3) is 0 Å². The molecular formula is C19H22O6. The second-order valence-corrected chi connectivity index (χ2v) is 6.19. The van der Waals surface area contributed by atoms with E-state index >= 15 is 0 Å². The van der Waals surface area contributed by atoms with Crippen molar-refractivity contribution in [2.75, 3.05) is 20.3 Å². The molecule has 134 valence electrons. The van der Waals surface area contributed by atoms with Crippen molar-refractivity contribution in [1.82, 2.24) is 0 Å². The standard InChI is InChI=1S/C19H22O6/c1-4-8-19(17(20)22-3)11-12-10-14(23-5-2)16-13(7-6-9-24-16)15(12)25-18(19)21/h4,10H,1,5-9,11H2,2-3H3. The second kappa shape index (κ2) is 6.78. The molecule has 0 saturated carbocycles. The number of ether oxygens (including phenoxy) is 4. The van der Waals surface area contributed by atoms with Crippen LogP contribution in [0.1, 0.15) is 30.9 Å². The van der Waals surface area contributed by atoms with Crippen molar-refractivity contribution in [2.45, 2.75) is 32.6 Å². The molecule has 6 nitrogen and oxygen atoms in total. The first-order valence-electron chi connectivity index (χ1n) is 8.43. The Labute approximate surface area is 146 Å². The summed E-state index contributed by atoms with van der Waals surface area (Å²) < 4.78 is 22.0. The van der Waals surface area contributed by atoms with Gasteiger partial charge in [-0.05, 0) is 32.3 Å². The maximum atomic E-state index is 12.7. The maximum absolute atomic E-state index is 12.7. The van der Waals surface area contributed by atoms with Crippen LogP contribution in [0.5, 0.6) is 17.2 Å². The number of esters is 2. The highest BCUT2D eigenvalue weighted by atomic mass is 16.6. The normalized spacial score (nSPS) is 21.3. The van der Waals surface area contributed by atoms with E-state index in [0.717, 1.165) is 24.0 Å². The Kier molecular flexibility index (Phi) is 4.70. The summed E-state index contributed by atoms with van der Waals surface area (Å²) in [6.45, 7) is 6.65. The molecule has 1 atom stereocenters. The molecule has 0 aromatic heterocycles. The average Bonchev–Trinajstić information content (AvgIpc) is 2.63. The summed E-state index contributed by atoms with van der Waals surface area (Å²) in [5, 5.41) is 0.